The van der Waals surface area contributed by atoms with Crippen molar-refractivity contribution in [2.45, 2.75) is 6.54 Å². The van der Waals surface area contributed by atoms with E-state index >= 15 is 0 Å². The first kappa shape index (κ1) is 6.53. The van der Waals surface area contributed by atoms with Crippen molar-refractivity contribution in [1.82, 2.24) is 9.47 Å². The Morgan fingerprint density at radius 1 is 1.36 bits per heavy atom. The maximum atomic E-state index is 2.18. The molecule has 0 N–H and O–H groups in total. The van der Waals surface area contributed by atoms with Crippen molar-refractivity contribution in [3.05, 3.63) is 29.7 Å². The van der Waals surface area contributed by atoms with Gasteiger partial charge in [-0.1, -0.05) is 0 Å². The van der Waals surface area contributed by atoms with Crippen LogP contribution in [0.15, 0.2) is 18.5 Å². The second-order valence-corrected chi connectivity index (χ2v) is 3.06. The van der Waals surface area contributed by atoms with Gasteiger partial charge in [-0.25, -0.2) is 0 Å². The minimum Gasteiger partial charge on any atom is -0.375 e. The number of fused-ring (bicyclic) bond motifs is 1. The molecule has 0 saturated carbocycles. The third-order valence-electron chi connectivity index (χ3n) is 2.14. The van der Waals surface area contributed by atoms with Crippen molar-refractivity contribution < 1.29 is 0 Å². The van der Waals surface area contributed by atoms with E-state index < -0.39 is 0 Å². The van der Waals surface area contributed by atoms with Crippen LogP contribution in [0.5, 0.6) is 0 Å². The summed E-state index contributed by atoms with van der Waals surface area (Å²) in [5.41, 5.74) is 2.75. The van der Waals surface area contributed by atoms with E-state index in [0.29, 0.717) is 0 Å². The van der Waals surface area contributed by atoms with E-state index in [1.54, 1.807) is 0 Å². The number of rotatable bonds is 0. The fourth-order valence-electron chi connectivity index (χ4n) is 1.43. The molecule has 1 aliphatic rings. The summed E-state index contributed by atoms with van der Waals surface area (Å²) in [6.45, 7) is 1.02. The Balaban J connectivity index is 2.48. The molecule has 0 fully saturated rings. The molecular weight excluding hydrogens is 136 g/mol. The van der Waals surface area contributed by atoms with Crippen molar-refractivity contribution in [1.29, 1.82) is 0 Å². The monoisotopic (exact) mass is 148 g/mol. The number of aryl methyl sites for hydroxylation is 1. The van der Waals surface area contributed by atoms with Gasteiger partial charge in [0, 0.05) is 26.0 Å². The van der Waals surface area contributed by atoms with E-state index in [9.17, 15) is 0 Å². The molecule has 1 aromatic rings. The number of hydrogen-bond acceptors (Lipinski definition) is 1. The van der Waals surface area contributed by atoms with Gasteiger partial charge in [0.25, 0.3) is 0 Å². The topological polar surface area (TPSA) is 8.17 Å². The zero-order valence-electron chi connectivity index (χ0n) is 6.91. The zero-order valence-corrected chi connectivity index (χ0v) is 6.91. The highest BCUT2D eigenvalue weighted by atomic mass is 15.1. The molecule has 0 saturated heterocycles. The molecule has 2 heterocycles. The van der Waals surface area contributed by atoms with Crippen LogP contribution in [0.25, 0.3) is 6.08 Å². The quantitative estimate of drug-likeness (QED) is 0.540. The summed E-state index contributed by atoms with van der Waals surface area (Å²) in [7, 11) is 4.18. The Kier molecular flexibility index (Phi) is 1.28. The Morgan fingerprint density at radius 2 is 2.18 bits per heavy atom. The molecule has 58 valence electrons. The SMILES string of the molecule is CN1C=Cc2ccn(C)c2C1. The Labute approximate surface area is 66.7 Å². The fraction of sp³-hybridized carbons (Fsp3) is 0.333. The zero-order chi connectivity index (χ0) is 7.84. The first-order chi connectivity index (χ1) is 5.27. The minimum absolute atomic E-state index is 1.02. The summed E-state index contributed by atoms with van der Waals surface area (Å²) in [5, 5.41) is 0. The normalized spacial score (nSPS) is 15.3. The van der Waals surface area contributed by atoms with Gasteiger partial charge in [0.05, 0.1) is 6.54 Å². The first-order valence-corrected chi connectivity index (χ1v) is 3.80. The second kappa shape index (κ2) is 2.16. The van der Waals surface area contributed by atoms with E-state index in [-0.39, 0.29) is 0 Å². The summed E-state index contributed by atoms with van der Waals surface area (Å²) in [6, 6.07) is 2.15. The van der Waals surface area contributed by atoms with Crippen LogP contribution in [0, 0.1) is 0 Å². The highest BCUT2D eigenvalue weighted by molar-refractivity contribution is 5.54. The van der Waals surface area contributed by atoms with Crippen molar-refractivity contribution in [3.8, 4) is 0 Å². The Hall–Kier alpha value is -1.18. The van der Waals surface area contributed by atoms with E-state index in [1.165, 1.54) is 11.3 Å². The lowest BCUT2D eigenvalue weighted by Crippen LogP contribution is -2.16. The van der Waals surface area contributed by atoms with E-state index in [1.807, 2.05) is 0 Å². The molecule has 0 radical (unpaired) electrons. The molecule has 2 rings (SSSR count). The summed E-state index contributed by atoms with van der Waals surface area (Å²) in [6.07, 6.45) is 6.37. The van der Waals surface area contributed by atoms with Gasteiger partial charge in [-0.15, -0.1) is 0 Å². The Morgan fingerprint density at radius 3 is 3.00 bits per heavy atom. The van der Waals surface area contributed by atoms with Crippen LogP contribution in [0.1, 0.15) is 11.3 Å². The first-order valence-electron chi connectivity index (χ1n) is 3.80. The second-order valence-electron chi connectivity index (χ2n) is 3.06. The summed E-state index contributed by atoms with van der Waals surface area (Å²) >= 11 is 0. The van der Waals surface area contributed by atoms with Crippen LogP contribution in [0.3, 0.4) is 0 Å². The molecular formula is C9H12N2. The van der Waals surface area contributed by atoms with Crippen molar-refractivity contribution in [2.24, 2.45) is 7.05 Å². The van der Waals surface area contributed by atoms with Gasteiger partial charge in [0.2, 0.25) is 0 Å². The van der Waals surface area contributed by atoms with Gasteiger partial charge in [-0.05, 0) is 23.9 Å². The van der Waals surface area contributed by atoms with Crippen molar-refractivity contribution >= 4 is 6.08 Å². The van der Waals surface area contributed by atoms with Crippen LogP contribution in [-0.4, -0.2) is 16.5 Å². The molecule has 2 heteroatoms. The molecule has 0 spiro atoms. The maximum Gasteiger partial charge on any atom is 0.0579 e. The molecule has 2 nitrogen and oxygen atoms in total. The number of nitrogens with zero attached hydrogens (tertiary/aromatic N) is 2. The smallest absolute Gasteiger partial charge is 0.0579 e. The summed E-state index contributed by atoms with van der Waals surface area (Å²) in [5.74, 6) is 0. The Bertz CT molecular complexity index is 297. The molecule has 0 unspecified atom stereocenters. The predicted octanol–water partition coefficient (Wildman–Crippen LogP) is 1.44. The third-order valence-corrected chi connectivity index (χ3v) is 2.14. The minimum atomic E-state index is 1.02. The molecule has 0 aromatic carbocycles. The van der Waals surface area contributed by atoms with Crippen molar-refractivity contribution in [3.63, 3.8) is 0 Å². The largest absolute Gasteiger partial charge is 0.375 e. The number of hydrogen-bond donors (Lipinski definition) is 0. The molecule has 0 aliphatic carbocycles. The van der Waals surface area contributed by atoms with Gasteiger partial charge in [0.1, 0.15) is 0 Å². The van der Waals surface area contributed by atoms with Crippen LogP contribution in [-0.2, 0) is 13.6 Å². The molecule has 11 heavy (non-hydrogen) atoms. The predicted molar refractivity (Wildman–Crippen MR) is 45.9 cm³/mol. The molecule has 1 aliphatic heterocycles. The maximum absolute atomic E-state index is 2.18. The van der Waals surface area contributed by atoms with Gasteiger partial charge in [-0.3, -0.25) is 0 Å². The molecule has 0 amide bonds. The highest BCUT2D eigenvalue weighted by Gasteiger charge is 2.09. The lowest BCUT2D eigenvalue weighted by molar-refractivity contribution is 0.433. The molecule has 0 bridgehead atoms. The lowest BCUT2D eigenvalue weighted by Gasteiger charge is -2.19. The standard InChI is InChI=1S/C9H12N2/c1-10-5-3-8-4-6-11(2)9(8)7-10/h3-6H,7H2,1-2H3. The van der Waals surface area contributed by atoms with Crippen molar-refractivity contribution in [2.75, 3.05) is 7.05 Å². The van der Waals surface area contributed by atoms with Crippen LogP contribution in [0.2, 0.25) is 0 Å². The summed E-state index contributed by atoms with van der Waals surface area (Å²) < 4.78 is 2.18. The van der Waals surface area contributed by atoms with E-state index in [0.717, 1.165) is 6.54 Å². The van der Waals surface area contributed by atoms with Crippen LogP contribution in [0.4, 0.5) is 0 Å². The average molecular weight is 148 g/mol. The summed E-state index contributed by atoms with van der Waals surface area (Å²) in [4.78, 5) is 2.18. The number of aromatic nitrogens is 1. The van der Waals surface area contributed by atoms with Crippen LogP contribution < -0.4 is 0 Å². The molecule has 0 atom stereocenters. The fourth-order valence-corrected chi connectivity index (χ4v) is 1.43. The van der Waals surface area contributed by atoms with E-state index in [4.69, 9.17) is 0 Å². The third kappa shape index (κ3) is 0.946. The highest BCUT2D eigenvalue weighted by Crippen LogP contribution is 2.18. The molecule has 1 aromatic heterocycles. The lowest BCUT2D eigenvalue weighted by atomic mass is 10.2. The van der Waals surface area contributed by atoms with Gasteiger partial charge < -0.3 is 9.47 Å². The average Bonchev–Trinajstić information content (AvgIpc) is 2.33. The van der Waals surface area contributed by atoms with Gasteiger partial charge in [-0.2, -0.15) is 0 Å². The van der Waals surface area contributed by atoms with Gasteiger partial charge >= 0.3 is 0 Å². The van der Waals surface area contributed by atoms with Gasteiger partial charge in [0.15, 0.2) is 0 Å². The van der Waals surface area contributed by atoms with E-state index in [2.05, 4.69) is 48.1 Å². The van der Waals surface area contributed by atoms with Crippen LogP contribution >= 0.6 is 0 Å².